The highest BCUT2D eigenvalue weighted by Gasteiger charge is 2.09. The van der Waals surface area contributed by atoms with E-state index in [4.69, 9.17) is 4.74 Å². The SMILES string of the molecule is CCNC(CSC)c1cccc(OCC)c1. The molecule has 0 aromatic heterocycles. The molecule has 0 aliphatic heterocycles. The van der Waals surface area contributed by atoms with Crippen LogP contribution in [0.5, 0.6) is 5.75 Å². The van der Waals surface area contributed by atoms with Crippen molar-refractivity contribution in [3.8, 4) is 5.75 Å². The van der Waals surface area contributed by atoms with Gasteiger partial charge in [-0.2, -0.15) is 11.8 Å². The minimum absolute atomic E-state index is 0.417. The molecule has 1 unspecified atom stereocenters. The lowest BCUT2D eigenvalue weighted by atomic mass is 10.1. The van der Waals surface area contributed by atoms with Crippen molar-refractivity contribution in [3.63, 3.8) is 0 Å². The highest BCUT2D eigenvalue weighted by Crippen LogP contribution is 2.21. The van der Waals surface area contributed by atoms with Crippen molar-refractivity contribution in [1.29, 1.82) is 0 Å². The quantitative estimate of drug-likeness (QED) is 0.790. The minimum atomic E-state index is 0.417. The fourth-order valence-corrected chi connectivity index (χ4v) is 2.32. The maximum atomic E-state index is 5.52. The van der Waals surface area contributed by atoms with E-state index in [1.807, 2.05) is 24.8 Å². The molecule has 1 atom stereocenters. The number of hydrogen-bond donors (Lipinski definition) is 1. The van der Waals surface area contributed by atoms with Crippen LogP contribution in [0.3, 0.4) is 0 Å². The van der Waals surface area contributed by atoms with E-state index in [1.165, 1.54) is 5.56 Å². The predicted molar refractivity (Wildman–Crippen MR) is 72.4 cm³/mol. The summed E-state index contributed by atoms with van der Waals surface area (Å²) >= 11 is 1.86. The van der Waals surface area contributed by atoms with Gasteiger partial charge in [0, 0.05) is 11.8 Å². The van der Waals surface area contributed by atoms with E-state index in [9.17, 15) is 0 Å². The number of rotatable bonds is 7. The molecule has 0 saturated heterocycles. The molecule has 1 N–H and O–H groups in total. The summed E-state index contributed by atoms with van der Waals surface area (Å²) in [4.78, 5) is 0. The van der Waals surface area contributed by atoms with Crippen molar-refractivity contribution in [3.05, 3.63) is 29.8 Å². The van der Waals surface area contributed by atoms with Crippen molar-refractivity contribution in [2.45, 2.75) is 19.9 Å². The van der Waals surface area contributed by atoms with Crippen LogP contribution >= 0.6 is 11.8 Å². The molecule has 0 fully saturated rings. The Labute approximate surface area is 103 Å². The molecule has 1 aromatic rings. The Morgan fingerprint density at radius 3 is 2.81 bits per heavy atom. The third kappa shape index (κ3) is 4.06. The first kappa shape index (κ1) is 13.4. The van der Waals surface area contributed by atoms with Gasteiger partial charge in [-0.3, -0.25) is 0 Å². The van der Waals surface area contributed by atoms with Gasteiger partial charge in [0.1, 0.15) is 5.75 Å². The molecule has 16 heavy (non-hydrogen) atoms. The van der Waals surface area contributed by atoms with Crippen molar-refractivity contribution in [2.75, 3.05) is 25.2 Å². The molecule has 0 radical (unpaired) electrons. The van der Waals surface area contributed by atoms with Crippen LogP contribution in [-0.2, 0) is 0 Å². The second-order valence-corrected chi connectivity index (χ2v) is 4.48. The Bertz CT molecular complexity index is 298. The van der Waals surface area contributed by atoms with Gasteiger partial charge in [-0.15, -0.1) is 0 Å². The maximum absolute atomic E-state index is 5.52. The first-order valence-electron chi connectivity index (χ1n) is 5.76. The molecule has 0 aliphatic carbocycles. The molecule has 1 rings (SSSR count). The van der Waals surface area contributed by atoms with Gasteiger partial charge in [0.2, 0.25) is 0 Å². The zero-order valence-electron chi connectivity index (χ0n) is 10.3. The molecule has 90 valence electrons. The Morgan fingerprint density at radius 2 is 2.19 bits per heavy atom. The summed E-state index contributed by atoms with van der Waals surface area (Å²) in [5.41, 5.74) is 1.31. The molecule has 3 heteroatoms. The van der Waals surface area contributed by atoms with E-state index in [0.29, 0.717) is 6.04 Å². The topological polar surface area (TPSA) is 21.3 Å². The summed E-state index contributed by atoms with van der Waals surface area (Å²) in [6.07, 6.45) is 2.14. The van der Waals surface area contributed by atoms with Crippen LogP contribution in [0, 0.1) is 0 Å². The standard InChI is InChI=1S/C13H21NOS/c1-4-14-13(10-16-3)11-7-6-8-12(9-11)15-5-2/h6-9,13-14H,4-5,10H2,1-3H3. The second kappa shape index (κ2) is 7.58. The van der Waals surface area contributed by atoms with Gasteiger partial charge in [-0.1, -0.05) is 19.1 Å². The van der Waals surface area contributed by atoms with Crippen LogP contribution in [-0.4, -0.2) is 25.2 Å². The van der Waals surface area contributed by atoms with Crippen molar-refractivity contribution < 1.29 is 4.74 Å². The van der Waals surface area contributed by atoms with E-state index >= 15 is 0 Å². The first-order chi connectivity index (χ1) is 7.81. The lowest BCUT2D eigenvalue weighted by Crippen LogP contribution is -2.22. The van der Waals surface area contributed by atoms with E-state index < -0.39 is 0 Å². The maximum Gasteiger partial charge on any atom is 0.119 e. The second-order valence-electron chi connectivity index (χ2n) is 3.57. The lowest BCUT2D eigenvalue weighted by molar-refractivity contribution is 0.339. The number of nitrogens with one attached hydrogen (secondary N) is 1. The summed E-state index contributed by atoms with van der Waals surface area (Å²) < 4.78 is 5.52. The third-order valence-corrected chi connectivity index (χ3v) is 3.02. The van der Waals surface area contributed by atoms with Gasteiger partial charge in [0.15, 0.2) is 0 Å². The number of thioether (sulfide) groups is 1. The zero-order valence-corrected chi connectivity index (χ0v) is 11.1. The van der Waals surface area contributed by atoms with Crippen LogP contribution in [0.15, 0.2) is 24.3 Å². The molecular formula is C13H21NOS. The van der Waals surface area contributed by atoms with Crippen molar-refractivity contribution >= 4 is 11.8 Å². The largest absolute Gasteiger partial charge is 0.494 e. The molecular weight excluding hydrogens is 218 g/mol. The molecule has 0 amide bonds. The fraction of sp³-hybridized carbons (Fsp3) is 0.538. The Kier molecular flexibility index (Phi) is 6.34. The predicted octanol–water partition coefficient (Wildman–Crippen LogP) is 3.10. The van der Waals surface area contributed by atoms with Crippen LogP contribution in [0.25, 0.3) is 0 Å². The Morgan fingerprint density at radius 1 is 1.38 bits per heavy atom. The van der Waals surface area contributed by atoms with E-state index in [-0.39, 0.29) is 0 Å². The number of ether oxygens (including phenoxy) is 1. The van der Waals surface area contributed by atoms with E-state index in [2.05, 4.69) is 36.7 Å². The molecule has 0 bridgehead atoms. The fourth-order valence-electron chi connectivity index (χ4n) is 1.67. The van der Waals surface area contributed by atoms with E-state index in [0.717, 1.165) is 24.7 Å². The average molecular weight is 239 g/mol. The van der Waals surface area contributed by atoms with E-state index in [1.54, 1.807) is 0 Å². The molecule has 0 spiro atoms. The molecule has 2 nitrogen and oxygen atoms in total. The zero-order chi connectivity index (χ0) is 11.8. The summed E-state index contributed by atoms with van der Waals surface area (Å²) in [7, 11) is 0. The monoisotopic (exact) mass is 239 g/mol. The molecule has 0 heterocycles. The van der Waals surface area contributed by atoms with Gasteiger partial charge in [0.25, 0.3) is 0 Å². The third-order valence-electron chi connectivity index (χ3n) is 2.36. The molecule has 1 aromatic carbocycles. The normalized spacial score (nSPS) is 12.4. The minimum Gasteiger partial charge on any atom is -0.494 e. The average Bonchev–Trinajstić information content (AvgIpc) is 2.30. The number of benzene rings is 1. The van der Waals surface area contributed by atoms with Gasteiger partial charge in [-0.25, -0.2) is 0 Å². The summed E-state index contributed by atoms with van der Waals surface area (Å²) in [5.74, 6) is 2.05. The van der Waals surface area contributed by atoms with Gasteiger partial charge < -0.3 is 10.1 Å². The van der Waals surface area contributed by atoms with Crippen molar-refractivity contribution in [1.82, 2.24) is 5.32 Å². The van der Waals surface area contributed by atoms with Crippen LogP contribution in [0.4, 0.5) is 0 Å². The Balaban J connectivity index is 2.77. The summed E-state index contributed by atoms with van der Waals surface area (Å²) in [6, 6.07) is 8.78. The van der Waals surface area contributed by atoms with Crippen LogP contribution < -0.4 is 10.1 Å². The summed E-state index contributed by atoms with van der Waals surface area (Å²) in [6.45, 7) is 5.86. The first-order valence-corrected chi connectivity index (χ1v) is 7.16. The highest BCUT2D eigenvalue weighted by atomic mass is 32.2. The number of hydrogen-bond acceptors (Lipinski definition) is 3. The smallest absolute Gasteiger partial charge is 0.119 e. The van der Waals surface area contributed by atoms with Crippen LogP contribution in [0.2, 0.25) is 0 Å². The highest BCUT2D eigenvalue weighted by molar-refractivity contribution is 7.98. The van der Waals surface area contributed by atoms with Gasteiger partial charge in [0.05, 0.1) is 6.61 Å². The molecule has 0 saturated carbocycles. The van der Waals surface area contributed by atoms with Gasteiger partial charge >= 0.3 is 0 Å². The van der Waals surface area contributed by atoms with Gasteiger partial charge in [-0.05, 0) is 37.4 Å². The molecule has 0 aliphatic rings. The van der Waals surface area contributed by atoms with Crippen molar-refractivity contribution in [2.24, 2.45) is 0 Å². The summed E-state index contributed by atoms with van der Waals surface area (Å²) in [5, 5.41) is 3.49. The lowest BCUT2D eigenvalue weighted by Gasteiger charge is -2.18. The van der Waals surface area contributed by atoms with Crippen LogP contribution in [0.1, 0.15) is 25.5 Å². The Hall–Kier alpha value is -0.670.